The first-order chi connectivity index (χ1) is 18.4. The van der Waals surface area contributed by atoms with Gasteiger partial charge in [0, 0.05) is 42.7 Å². The molecule has 12 heteroatoms. The number of thioether (sulfide) groups is 1. The number of nitrogens with two attached hydrogens (primary N) is 1. The molecule has 0 aromatic carbocycles. The number of hydrogen-bond donors (Lipinski definition) is 4. The van der Waals surface area contributed by atoms with Crippen LogP contribution in [0.5, 0.6) is 0 Å². The molecule has 4 rings (SSSR count). The molecule has 1 fully saturated rings. The SMILES string of the molecule is C.CC.COC1=CNC(C(F)F)C=C1c1cc(-c2cn(C)cn2)ncc1C(=O)NCSC(C#CC1CC1)NN. The largest absolute Gasteiger partial charge is 0.495 e. The van der Waals surface area contributed by atoms with Crippen molar-refractivity contribution < 1.29 is 18.3 Å². The Morgan fingerprint density at radius 2 is 2.08 bits per heavy atom. The van der Waals surface area contributed by atoms with Crippen LogP contribution in [0.25, 0.3) is 17.0 Å². The van der Waals surface area contributed by atoms with Crippen molar-refractivity contribution in [2.75, 3.05) is 13.0 Å². The highest BCUT2D eigenvalue weighted by atomic mass is 32.2. The van der Waals surface area contributed by atoms with Gasteiger partial charge in [-0.15, -0.1) is 11.8 Å². The molecule has 2 aromatic heterocycles. The minimum atomic E-state index is -2.65. The Balaban J connectivity index is 0.00000174. The zero-order valence-corrected chi connectivity index (χ0v) is 22.6. The number of hydrazine groups is 1. The minimum absolute atomic E-state index is 0. The van der Waals surface area contributed by atoms with Gasteiger partial charge in [0.1, 0.15) is 22.9 Å². The second kappa shape index (κ2) is 15.3. The minimum Gasteiger partial charge on any atom is -0.495 e. The Labute approximate surface area is 233 Å². The molecule has 5 N–H and O–H groups in total. The number of rotatable bonds is 9. The van der Waals surface area contributed by atoms with Gasteiger partial charge in [0.25, 0.3) is 12.3 Å². The van der Waals surface area contributed by atoms with Crippen LogP contribution in [0.1, 0.15) is 50.0 Å². The number of aromatic nitrogens is 3. The second-order valence-corrected chi connectivity index (χ2v) is 9.38. The number of dihydropyridines is 1. The number of amides is 1. The van der Waals surface area contributed by atoms with E-state index in [1.165, 1.54) is 37.3 Å². The lowest BCUT2D eigenvalue weighted by Crippen LogP contribution is -2.34. The number of imidazole rings is 1. The molecule has 2 aromatic rings. The number of carbonyl (C=O) groups is 1. The lowest BCUT2D eigenvalue weighted by atomic mass is 9.94. The molecule has 2 atom stereocenters. The molecule has 39 heavy (non-hydrogen) atoms. The van der Waals surface area contributed by atoms with E-state index in [0.29, 0.717) is 34.2 Å². The number of nitrogens with one attached hydrogen (secondary N) is 3. The van der Waals surface area contributed by atoms with Gasteiger partial charge in [0.05, 0.1) is 30.6 Å². The smallest absolute Gasteiger partial charge is 0.261 e. The number of methoxy groups -OCH3 is 1. The molecular formula is C27H37F2N7O2S. The van der Waals surface area contributed by atoms with E-state index in [2.05, 4.69) is 37.9 Å². The van der Waals surface area contributed by atoms with Crippen LogP contribution in [0.2, 0.25) is 0 Å². The predicted molar refractivity (Wildman–Crippen MR) is 152 cm³/mol. The zero-order chi connectivity index (χ0) is 27.7. The molecule has 1 aliphatic heterocycles. The molecule has 3 heterocycles. The fourth-order valence-corrected chi connectivity index (χ4v) is 4.11. The summed E-state index contributed by atoms with van der Waals surface area (Å²) in [4.78, 5) is 21.9. The van der Waals surface area contributed by atoms with Crippen LogP contribution in [-0.4, -0.2) is 51.3 Å². The summed E-state index contributed by atoms with van der Waals surface area (Å²) in [6.45, 7) is 4.00. The van der Waals surface area contributed by atoms with Crippen molar-refractivity contribution >= 4 is 23.2 Å². The van der Waals surface area contributed by atoms with Gasteiger partial charge in [-0.25, -0.2) is 19.2 Å². The Morgan fingerprint density at radius 3 is 2.67 bits per heavy atom. The molecule has 0 spiro atoms. The lowest BCUT2D eigenvalue weighted by Gasteiger charge is -2.24. The molecule has 2 aliphatic rings. The van der Waals surface area contributed by atoms with E-state index < -0.39 is 18.4 Å². The van der Waals surface area contributed by atoms with Crippen LogP contribution >= 0.6 is 11.8 Å². The molecule has 1 amide bonds. The molecule has 212 valence electrons. The van der Waals surface area contributed by atoms with Gasteiger partial charge in [-0.1, -0.05) is 33.1 Å². The maximum Gasteiger partial charge on any atom is 0.261 e. The van der Waals surface area contributed by atoms with Crippen LogP contribution in [0.4, 0.5) is 8.78 Å². The number of nitrogens with zero attached hydrogens (tertiary/aromatic N) is 3. The summed E-state index contributed by atoms with van der Waals surface area (Å²) in [6.07, 6.45) is 7.10. The van der Waals surface area contributed by atoms with Gasteiger partial charge in [-0.3, -0.25) is 15.6 Å². The Kier molecular flexibility index (Phi) is 12.4. The summed E-state index contributed by atoms with van der Waals surface area (Å²) in [6, 6.07) is 0.417. The van der Waals surface area contributed by atoms with Crippen LogP contribution < -0.4 is 21.9 Å². The van der Waals surface area contributed by atoms with Crippen LogP contribution in [0, 0.1) is 17.8 Å². The van der Waals surface area contributed by atoms with Gasteiger partial charge in [-0.05, 0) is 25.0 Å². The van der Waals surface area contributed by atoms with E-state index in [1.54, 1.807) is 23.2 Å². The summed E-state index contributed by atoms with van der Waals surface area (Å²) in [7, 11) is 3.26. The fraction of sp³-hybridized carbons (Fsp3) is 0.444. The number of aryl methyl sites for hydroxylation is 1. The fourth-order valence-electron chi connectivity index (χ4n) is 3.48. The molecule has 0 bridgehead atoms. The maximum absolute atomic E-state index is 13.5. The van der Waals surface area contributed by atoms with Crippen molar-refractivity contribution in [3.63, 3.8) is 0 Å². The Morgan fingerprint density at radius 1 is 1.33 bits per heavy atom. The second-order valence-electron chi connectivity index (χ2n) is 8.29. The highest BCUT2D eigenvalue weighted by Gasteiger charge is 2.27. The van der Waals surface area contributed by atoms with Crippen molar-refractivity contribution in [2.24, 2.45) is 18.8 Å². The Hall–Kier alpha value is -3.40. The molecule has 1 saturated carbocycles. The number of pyridine rings is 1. The van der Waals surface area contributed by atoms with Crippen molar-refractivity contribution in [3.05, 3.63) is 53.9 Å². The van der Waals surface area contributed by atoms with Crippen molar-refractivity contribution in [1.29, 1.82) is 0 Å². The summed E-state index contributed by atoms with van der Waals surface area (Å²) in [5.41, 5.74) is 4.66. The van der Waals surface area contributed by atoms with Crippen molar-refractivity contribution in [2.45, 2.75) is 52.0 Å². The maximum atomic E-state index is 13.5. The highest BCUT2D eigenvalue weighted by molar-refractivity contribution is 8.00. The number of halogens is 2. The summed E-state index contributed by atoms with van der Waals surface area (Å²) >= 11 is 1.33. The first-order valence-electron chi connectivity index (χ1n) is 12.3. The number of carbonyl (C=O) groups excluding carboxylic acids is 1. The van der Waals surface area contributed by atoms with E-state index in [4.69, 9.17) is 10.6 Å². The van der Waals surface area contributed by atoms with E-state index in [1.807, 2.05) is 20.9 Å². The van der Waals surface area contributed by atoms with E-state index in [0.717, 1.165) is 12.8 Å². The molecule has 0 radical (unpaired) electrons. The number of ether oxygens (including phenoxy) is 1. The zero-order valence-electron chi connectivity index (χ0n) is 21.8. The molecule has 2 unspecified atom stereocenters. The van der Waals surface area contributed by atoms with Gasteiger partial charge < -0.3 is 19.9 Å². The van der Waals surface area contributed by atoms with E-state index in [9.17, 15) is 13.6 Å². The first-order valence-corrected chi connectivity index (χ1v) is 13.3. The summed E-state index contributed by atoms with van der Waals surface area (Å²) < 4.78 is 34.2. The predicted octanol–water partition coefficient (Wildman–Crippen LogP) is 3.88. The molecule has 1 aliphatic carbocycles. The number of hydrogen-bond acceptors (Lipinski definition) is 8. The monoisotopic (exact) mass is 561 g/mol. The van der Waals surface area contributed by atoms with Crippen molar-refractivity contribution in [1.82, 2.24) is 30.6 Å². The number of alkyl halides is 2. The summed E-state index contributed by atoms with van der Waals surface area (Å²) in [5.74, 6) is 12.3. The molecule has 9 nitrogen and oxygen atoms in total. The van der Waals surface area contributed by atoms with Crippen LogP contribution in [-0.2, 0) is 11.8 Å². The van der Waals surface area contributed by atoms with E-state index >= 15 is 0 Å². The Bertz CT molecular complexity index is 1230. The van der Waals surface area contributed by atoms with E-state index in [-0.39, 0.29) is 24.2 Å². The first kappa shape index (κ1) is 31.8. The lowest BCUT2D eigenvalue weighted by molar-refractivity contribution is 0.0960. The topological polar surface area (TPSA) is 119 Å². The van der Waals surface area contributed by atoms with Gasteiger partial charge in [0.15, 0.2) is 0 Å². The molecular weight excluding hydrogens is 524 g/mol. The number of allylic oxidation sites excluding steroid dienone is 1. The van der Waals surface area contributed by atoms with Crippen LogP contribution in [0.3, 0.4) is 0 Å². The van der Waals surface area contributed by atoms with Crippen LogP contribution in [0.15, 0.2) is 42.8 Å². The highest BCUT2D eigenvalue weighted by Crippen LogP contribution is 2.32. The quantitative estimate of drug-likeness (QED) is 0.158. The van der Waals surface area contributed by atoms with Crippen molar-refractivity contribution in [3.8, 4) is 23.2 Å². The van der Waals surface area contributed by atoms with Gasteiger partial charge >= 0.3 is 0 Å². The normalized spacial score (nSPS) is 16.7. The third-order valence-electron chi connectivity index (χ3n) is 5.55. The third-order valence-corrected chi connectivity index (χ3v) is 6.44. The third kappa shape index (κ3) is 8.54. The standard InChI is InChI=1S/C24H27F2N7O2S.C2H6.CH4/c1-33-11-20(30-12-33)18-7-15(16-8-19(23(25)26)29-10-21(16)35-2)17(9-28-18)24(34)31-13-36-22(32-27)6-5-14-3-4-14;1-2;/h7-12,14,19,22-23,29,32H,3-4,13,27H2,1-2H3,(H,31,34);1-2H3;1H4. The average molecular weight is 562 g/mol. The average Bonchev–Trinajstić information content (AvgIpc) is 3.68. The summed E-state index contributed by atoms with van der Waals surface area (Å²) in [5, 5.41) is 5.10. The molecule has 0 saturated heterocycles. The van der Waals surface area contributed by atoms with Gasteiger partial charge in [0.2, 0.25) is 0 Å². The van der Waals surface area contributed by atoms with Gasteiger partial charge in [-0.2, -0.15) is 0 Å².